The molecule has 2 aromatic rings. The minimum Gasteiger partial charge on any atom is -0.497 e. The first-order chi connectivity index (χ1) is 7.86. The molecule has 3 rings (SSSR count). The molecule has 16 heavy (non-hydrogen) atoms. The Morgan fingerprint density at radius 1 is 1.50 bits per heavy atom. The Kier molecular flexibility index (Phi) is 2.53. The van der Waals surface area contributed by atoms with Gasteiger partial charge in [0.2, 0.25) is 0 Å². The predicted molar refractivity (Wildman–Crippen MR) is 66.4 cm³/mol. The van der Waals surface area contributed by atoms with E-state index in [2.05, 4.69) is 11.4 Å². The summed E-state index contributed by atoms with van der Waals surface area (Å²) in [4.78, 5) is 4.69. The lowest BCUT2D eigenvalue weighted by Gasteiger charge is -2.00. The molecule has 0 spiro atoms. The standard InChI is InChI=1S/C12H14N2OS/c1-15-9-2-3-10-11(6-9)16-12(14-10)8-4-5-13-7-8/h2-3,6,8,13H,4-5,7H2,1H3. The van der Waals surface area contributed by atoms with Crippen LogP contribution in [0.15, 0.2) is 18.2 Å². The summed E-state index contributed by atoms with van der Waals surface area (Å²) in [5.74, 6) is 1.51. The third kappa shape index (κ3) is 1.68. The summed E-state index contributed by atoms with van der Waals surface area (Å²) in [6, 6.07) is 6.08. The first-order valence-electron chi connectivity index (χ1n) is 5.52. The van der Waals surface area contributed by atoms with Gasteiger partial charge in [0, 0.05) is 12.5 Å². The molecule has 2 heterocycles. The van der Waals surface area contributed by atoms with E-state index in [-0.39, 0.29) is 0 Å². The number of methoxy groups -OCH3 is 1. The molecule has 1 fully saturated rings. The molecule has 3 nitrogen and oxygen atoms in total. The molecule has 84 valence electrons. The predicted octanol–water partition coefficient (Wildman–Crippen LogP) is 2.38. The zero-order valence-corrected chi connectivity index (χ0v) is 10.0. The third-order valence-electron chi connectivity index (χ3n) is 3.02. The van der Waals surface area contributed by atoms with Crippen LogP contribution in [-0.4, -0.2) is 25.2 Å². The molecule has 1 atom stereocenters. The minimum absolute atomic E-state index is 0.600. The molecule has 1 aliphatic rings. The molecule has 1 N–H and O–H groups in total. The van der Waals surface area contributed by atoms with Crippen LogP contribution < -0.4 is 10.1 Å². The van der Waals surface area contributed by atoms with E-state index in [1.165, 1.54) is 16.1 Å². The SMILES string of the molecule is COc1ccc2nc(C3CCNC3)sc2c1. The first-order valence-corrected chi connectivity index (χ1v) is 6.33. The molecule has 0 saturated carbocycles. The summed E-state index contributed by atoms with van der Waals surface area (Å²) in [6.45, 7) is 2.18. The van der Waals surface area contributed by atoms with Crippen LogP contribution in [-0.2, 0) is 0 Å². The summed E-state index contributed by atoms with van der Waals surface area (Å²) in [7, 11) is 1.70. The molecule has 1 aliphatic heterocycles. The number of benzene rings is 1. The van der Waals surface area contributed by atoms with E-state index in [4.69, 9.17) is 9.72 Å². The summed E-state index contributed by atoms with van der Waals surface area (Å²) in [5, 5.41) is 4.64. The van der Waals surface area contributed by atoms with E-state index in [0.29, 0.717) is 5.92 Å². The van der Waals surface area contributed by atoms with Crippen LogP contribution in [0.2, 0.25) is 0 Å². The lowest BCUT2D eigenvalue weighted by atomic mass is 10.1. The Labute approximate surface area is 98.5 Å². The van der Waals surface area contributed by atoms with Gasteiger partial charge in [-0.05, 0) is 31.2 Å². The maximum Gasteiger partial charge on any atom is 0.120 e. The van der Waals surface area contributed by atoms with Gasteiger partial charge >= 0.3 is 0 Å². The van der Waals surface area contributed by atoms with Gasteiger partial charge in [0.25, 0.3) is 0 Å². The van der Waals surface area contributed by atoms with Gasteiger partial charge in [-0.3, -0.25) is 0 Å². The lowest BCUT2D eigenvalue weighted by Crippen LogP contribution is -2.07. The topological polar surface area (TPSA) is 34.1 Å². The Balaban J connectivity index is 2.01. The monoisotopic (exact) mass is 234 g/mol. The number of ether oxygens (including phenoxy) is 1. The van der Waals surface area contributed by atoms with E-state index in [1.807, 2.05) is 12.1 Å². The molecule has 0 bridgehead atoms. The van der Waals surface area contributed by atoms with Crippen LogP contribution in [0.25, 0.3) is 10.2 Å². The number of aromatic nitrogens is 1. The summed E-state index contributed by atoms with van der Waals surface area (Å²) >= 11 is 1.79. The van der Waals surface area contributed by atoms with E-state index < -0.39 is 0 Å². The van der Waals surface area contributed by atoms with Gasteiger partial charge in [0.15, 0.2) is 0 Å². The average Bonchev–Trinajstić information content (AvgIpc) is 2.96. The van der Waals surface area contributed by atoms with Crippen molar-refractivity contribution in [1.29, 1.82) is 0 Å². The molecular weight excluding hydrogens is 220 g/mol. The maximum atomic E-state index is 5.22. The van der Waals surface area contributed by atoms with Crippen LogP contribution in [0.1, 0.15) is 17.3 Å². The molecule has 1 aromatic carbocycles. The molecule has 1 aromatic heterocycles. The quantitative estimate of drug-likeness (QED) is 0.866. The normalized spacial score (nSPS) is 20.4. The smallest absolute Gasteiger partial charge is 0.120 e. The highest BCUT2D eigenvalue weighted by Gasteiger charge is 2.20. The average molecular weight is 234 g/mol. The number of fused-ring (bicyclic) bond motifs is 1. The molecular formula is C12H14N2OS. The van der Waals surface area contributed by atoms with Crippen LogP contribution in [0.5, 0.6) is 5.75 Å². The molecule has 1 unspecified atom stereocenters. The number of rotatable bonds is 2. The van der Waals surface area contributed by atoms with Crippen molar-refractivity contribution < 1.29 is 4.74 Å². The highest BCUT2D eigenvalue weighted by molar-refractivity contribution is 7.18. The van der Waals surface area contributed by atoms with Crippen molar-refractivity contribution in [3.8, 4) is 5.75 Å². The number of nitrogens with zero attached hydrogens (tertiary/aromatic N) is 1. The zero-order chi connectivity index (χ0) is 11.0. The first kappa shape index (κ1) is 10.1. The van der Waals surface area contributed by atoms with Gasteiger partial charge in [0.1, 0.15) is 5.75 Å². The summed E-state index contributed by atoms with van der Waals surface area (Å²) in [5.41, 5.74) is 1.09. The van der Waals surface area contributed by atoms with Crippen molar-refractivity contribution in [3.05, 3.63) is 23.2 Å². The van der Waals surface area contributed by atoms with E-state index in [0.717, 1.165) is 24.4 Å². The number of thiazole rings is 1. The maximum absolute atomic E-state index is 5.22. The van der Waals surface area contributed by atoms with Crippen LogP contribution in [0, 0.1) is 0 Å². The van der Waals surface area contributed by atoms with Gasteiger partial charge < -0.3 is 10.1 Å². The lowest BCUT2D eigenvalue weighted by molar-refractivity contribution is 0.415. The fraction of sp³-hybridized carbons (Fsp3) is 0.417. The third-order valence-corrected chi connectivity index (χ3v) is 4.20. The van der Waals surface area contributed by atoms with Crippen molar-refractivity contribution >= 4 is 21.6 Å². The van der Waals surface area contributed by atoms with E-state index >= 15 is 0 Å². The number of hydrogen-bond donors (Lipinski definition) is 1. The Hall–Kier alpha value is -1.13. The van der Waals surface area contributed by atoms with Gasteiger partial charge in [-0.15, -0.1) is 11.3 Å². The van der Waals surface area contributed by atoms with Crippen molar-refractivity contribution in [2.75, 3.05) is 20.2 Å². The van der Waals surface area contributed by atoms with Crippen molar-refractivity contribution in [1.82, 2.24) is 10.3 Å². The van der Waals surface area contributed by atoms with Crippen molar-refractivity contribution in [3.63, 3.8) is 0 Å². The molecule has 4 heteroatoms. The molecule has 0 aliphatic carbocycles. The number of hydrogen-bond acceptors (Lipinski definition) is 4. The second-order valence-electron chi connectivity index (χ2n) is 4.08. The fourth-order valence-corrected chi connectivity index (χ4v) is 3.22. The summed E-state index contributed by atoms with van der Waals surface area (Å²) in [6.07, 6.45) is 1.21. The van der Waals surface area contributed by atoms with Gasteiger partial charge in [-0.1, -0.05) is 0 Å². The second-order valence-corrected chi connectivity index (χ2v) is 5.14. The van der Waals surface area contributed by atoms with Crippen LogP contribution in [0.4, 0.5) is 0 Å². The van der Waals surface area contributed by atoms with Gasteiger partial charge in [0.05, 0.1) is 22.3 Å². The molecule has 0 amide bonds. The Morgan fingerprint density at radius 2 is 2.44 bits per heavy atom. The van der Waals surface area contributed by atoms with E-state index in [1.54, 1.807) is 18.4 Å². The minimum atomic E-state index is 0.600. The van der Waals surface area contributed by atoms with Crippen molar-refractivity contribution in [2.24, 2.45) is 0 Å². The van der Waals surface area contributed by atoms with Gasteiger partial charge in [-0.2, -0.15) is 0 Å². The fourth-order valence-electron chi connectivity index (χ4n) is 2.09. The second kappa shape index (κ2) is 4.03. The van der Waals surface area contributed by atoms with Crippen LogP contribution >= 0.6 is 11.3 Å². The molecule has 1 saturated heterocycles. The van der Waals surface area contributed by atoms with E-state index in [9.17, 15) is 0 Å². The van der Waals surface area contributed by atoms with Crippen LogP contribution in [0.3, 0.4) is 0 Å². The zero-order valence-electron chi connectivity index (χ0n) is 9.19. The molecule has 0 radical (unpaired) electrons. The summed E-state index contributed by atoms with van der Waals surface area (Å²) < 4.78 is 6.45. The van der Waals surface area contributed by atoms with Crippen molar-refractivity contribution in [2.45, 2.75) is 12.3 Å². The highest BCUT2D eigenvalue weighted by atomic mass is 32.1. The number of nitrogens with one attached hydrogen (secondary N) is 1. The largest absolute Gasteiger partial charge is 0.497 e. The highest BCUT2D eigenvalue weighted by Crippen LogP contribution is 2.32. The Bertz CT molecular complexity index is 503. The Morgan fingerprint density at radius 3 is 3.19 bits per heavy atom. The van der Waals surface area contributed by atoms with Gasteiger partial charge in [-0.25, -0.2) is 4.98 Å².